The molecule has 1 aliphatic carbocycles. The number of hydrogen-bond acceptors (Lipinski definition) is 7. The summed E-state index contributed by atoms with van der Waals surface area (Å²) < 4.78 is 75.2. The van der Waals surface area contributed by atoms with Gasteiger partial charge in [0.1, 0.15) is 17.2 Å². The second kappa shape index (κ2) is 8.60. The van der Waals surface area contributed by atoms with Gasteiger partial charge in [-0.25, -0.2) is 28.1 Å². The Bertz CT molecular complexity index is 1550. The van der Waals surface area contributed by atoms with E-state index >= 15 is 4.39 Å². The predicted octanol–water partition coefficient (Wildman–Crippen LogP) is 3.95. The molecule has 8 nitrogen and oxygen atoms in total. The largest absolute Gasteiger partial charge is 0.434 e. The minimum Gasteiger partial charge on any atom is -0.434 e. The molecule has 0 saturated carbocycles. The summed E-state index contributed by atoms with van der Waals surface area (Å²) in [7, 11) is 0. The topological polar surface area (TPSA) is 96.0 Å². The Morgan fingerprint density at radius 2 is 1.74 bits per heavy atom. The second-order valence-corrected chi connectivity index (χ2v) is 9.76. The number of ether oxygens (including phenoxy) is 1. The van der Waals surface area contributed by atoms with Crippen LogP contribution in [0.5, 0.6) is 5.75 Å². The van der Waals surface area contributed by atoms with E-state index in [4.69, 9.17) is 0 Å². The Balaban J connectivity index is 1.43. The fraction of sp³-hybridized carbons (Fsp3) is 0.320. The normalized spacial score (nSPS) is 20.2. The number of pyridine rings is 1. The SMILES string of the molecule is CC1(O)CN(c2ncc(-c3cn4c5c(nc4cc3F)[C@H](O)C[C@@H]5c3cc(F)c(F)cc3OC(F)F)cn2)C1. The Labute approximate surface area is 212 Å². The summed E-state index contributed by atoms with van der Waals surface area (Å²) in [4.78, 5) is 14.6. The van der Waals surface area contributed by atoms with Gasteiger partial charge in [-0.3, -0.25) is 0 Å². The van der Waals surface area contributed by atoms with Crippen LogP contribution in [-0.2, 0) is 0 Å². The van der Waals surface area contributed by atoms with Crippen molar-refractivity contribution < 1.29 is 36.9 Å². The second-order valence-electron chi connectivity index (χ2n) is 9.76. The molecule has 0 unspecified atom stereocenters. The zero-order chi connectivity index (χ0) is 26.9. The van der Waals surface area contributed by atoms with Gasteiger partial charge < -0.3 is 24.3 Å². The van der Waals surface area contributed by atoms with E-state index in [1.165, 1.54) is 23.0 Å². The number of nitrogens with zero attached hydrogens (tertiary/aromatic N) is 5. The zero-order valence-electron chi connectivity index (χ0n) is 19.7. The van der Waals surface area contributed by atoms with Crippen LogP contribution in [-0.4, -0.2) is 54.9 Å². The van der Waals surface area contributed by atoms with E-state index in [0.717, 1.165) is 12.1 Å². The van der Waals surface area contributed by atoms with Gasteiger partial charge in [0.25, 0.3) is 0 Å². The fourth-order valence-electron chi connectivity index (χ4n) is 5.18. The number of fused-ring (bicyclic) bond motifs is 3. The molecule has 2 N–H and O–H groups in total. The highest BCUT2D eigenvalue weighted by Gasteiger charge is 2.39. The summed E-state index contributed by atoms with van der Waals surface area (Å²) >= 11 is 0. The quantitative estimate of drug-likeness (QED) is 0.375. The first-order chi connectivity index (χ1) is 18.0. The van der Waals surface area contributed by atoms with Gasteiger partial charge >= 0.3 is 6.61 Å². The number of benzene rings is 1. The first-order valence-electron chi connectivity index (χ1n) is 11.6. The molecule has 3 aromatic heterocycles. The third-order valence-corrected chi connectivity index (χ3v) is 6.82. The summed E-state index contributed by atoms with van der Waals surface area (Å²) in [5.41, 5.74) is 0.0827. The van der Waals surface area contributed by atoms with Crippen molar-refractivity contribution in [2.45, 2.75) is 37.6 Å². The van der Waals surface area contributed by atoms with Crippen LogP contribution >= 0.6 is 0 Å². The summed E-state index contributed by atoms with van der Waals surface area (Å²) in [5.74, 6) is -4.39. The van der Waals surface area contributed by atoms with Crippen LogP contribution in [0.15, 0.2) is 36.8 Å². The highest BCUT2D eigenvalue weighted by Crippen LogP contribution is 2.47. The smallest absolute Gasteiger partial charge is 0.387 e. The summed E-state index contributed by atoms with van der Waals surface area (Å²) in [6.45, 7) is -0.880. The number of aliphatic hydroxyl groups is 2. The van der Waals surface area contributed by atoms with Crippen LogP contribution in [0, 0.1) is 17.5 Å². The molecule has 0 bridgehead atoms. The third-order valence-electron chi connectivity index (χ3n) is 6.82. The van der Waals surface area contributed by atoms with Gasteiger partial charge in [-0.05, 0) is 19.4 Å². The number of anilines is 1. The van der Waals surface area contributed by atoms with Crippen LogP contribution < -0.4 is 9.64 Å². The number of rotatable bonds is 5. The fourth-order valence-corrected chi connectivity index (χ4v) is 5.18. The number of imidazole rings is 1. The maximum Gasteiger partial charge on any atom is 0.387 e. The van der Waals surface area contributed by atoms with Crippen molar-refractivity contribution in [3.8, 4) is 16.9 Å². The zero-order valence-corrected chi connectivity index (χ0v) is 19.7. The van der Waals surface area contributed by atoms with Gasteiger partial charge in [-0.2, -0.15) is 8.78 Å². The average molecular weight is 533 g/mol. The van der Waals surface area contributed by atoms with Crippen molar-refractivity contribution in [1.82, 2.24) is 19.4 Å². The van der Waals surface area contributed by atoms with Gasteiger partial charge in [0.15, 0.2) is 11.6 Å². The molecule has 2 aliphatic rings. The minimum atomic E-state index is -3.29. The molecular formula is C25H20F5N5O3. The standard InChI is InChI=1S/C25H20F5N5O3/c1-25(37)9-34(10-25)24-31-6-11(7-32-24)14-8-35-20(5-15(14)26)33-21-18(36)3-13(22(21)35)12-2-16(27)17(28)4-19(12)38-23(29)30/h2,4-8,13,18,23,36-37H,3,9-10H2,1H3/t13-,18-/m1/s1. The average Bonchev–Trinajstić information content (AvgIpc) is 3.35. The van der Waals surface area contributed by atoms with Gasteiger partial charge in [-0.15, -0.1) is 0 Å². The molecule has 1 saturated heterocycles. The highest BCUT2D eigenvalue weighted by atomic mass is 19.3. The number of aromatic nitrogens is 4. The summed E-state index contributed by atoms with van der Waals surface area (Å²) in [6, 6.07) is 2.43. The molecule has 1 aliphatic heterocycles. The molecule has 1 fully saturated rings. The lowest BCUT2D eigenvalue weighted by Crippen LogP contribution is -2.60. The molecule has 0 radical (unpaired) electrons. The first kappa shape index (κ1) is 24.5. The van der Waals surface area contributed by atoms with Crippen LogP contribution in [0.25, 0.3) is 16.8 Å². The highest BCUT2D eigenvalue weighted by molar-refractivity contribution is 5.66. The van der Waals surface area contributed by atoms with Crippen LogP contribution in [0.3, 0.4) is 0 Å². The van der Waals surface area contributed by atoms with Crippen LogP contribution in [0.4, 0.5) is 27.9 Å². The molecule has 13 heteroatoms. The Hall–Kier alpha value is -3.84. The number of β-amino-alcohol motifs (C(OH)–C–C–N with tert-alkyl or cyclic N) is 1. The molecule has 0 spiro atoms. The maximum absolute atomic E-state index is 15.1. The summed E-state index contributed by atoms with van der Waals surface area (Å²) in [5, 5.41) is 20.6. The van der Waals surface area contributed by atoms with E-state index in [2.05, 4.69) is 19.7 Å². The van der Waals surface area contributed by atoms with Gasteiger partial charge in [0.2, 0.25) is 5.95 Å². The maximum atomic E-state index is 15.1. The molecule has 0 amide bonds. The Kier molecular flexibility index (Phi) is 5.54. The van der Waals surface area contributed by atoms with Crippen molar-refractivity contribution >= 4 is 11.6 Å². The Morgan fingerprint density at radius 3 is 2.39 bits per heavy atom. The number of alkyl halides is 2. The molecule has 198 valence electrons. The Morgan fingerprint density at radius 1 is 1.05 bits per heavy atom. The molecule has 2 atom stereocenters. The molecule has 38 heavy (non-hydrogen) atoms. The van der Waals surface area contributed by atoms with Crippen molar-refractivity contribution in [3.63, 3.8) is 0 Å². The monoisotopic (exact) mass is 533 g/mol. The molecule has 6 rings (SSSR count). The van der Waals surface area contributed by atoms with Crippen molar-refractivity contribution in [2.24, 2.45) is 0 Å². The third kappa shape index (κ3) is 4.02. The minimum absolute atomic E-state index is 0.0601. The number of aliphatic hydroxyl groups excluding tert-OH is 1. The van der Waals surface area contributed by atoms with E-state index < -0.39 is 47.4 Å². The van der Waals surface area contributed by atoms with E-state index in [0.29, 0.717) is 36.4 Å². The first-order valence-corrected chi connectivity index (χ1v) is 11.6. The van der Waals surface area contributed by atoms with E-state index in [1.807, 2.05) is 0 Å². The summed E-state index contributed by atoms with van der Waals surface area (Å²) in [6.07, 6.45) is 3.03. The van der Waals surface area contributed by atoms with E-state index in [1.54, 1.807) is 11.8 Å². The van der Waals surface area contributed by atoms with Gasteiger partial charge in [0, 0.05) is 53.3 Å². The van der Waals surface area contributed by atoms with Crippen LogP contribution in [0.2, 0.25) is 0 Å². The van der Waals surface area contributed by atoms with Crippen molar-refractivity contribution in [1.29, 1.82) is 0 Å². The lowest BCUT2D eigenvalue weighted by Gasteiger charge is -2.44. The van der Waals surface area contributed by atoms with Crippen molar-refractivity contribution in [2.75, 3.05) is 18.0 Å². The molecule has 4 heterocycles. The van der Waals surface area contributed by atoms with Crippen LogP contribution in [0.1, 0.15) is 42.3 Å². The lowest BCUT2D eigenvalue weighted by molar-refractivity contribution is -0.0508. The van der Waals surface area contributed by atoms with Crippen molar-refractivity contribution in [3.05, 3.63) is 71.2 Å². The lowest BCUT2D eigenvalue weighted by atomic mass is 9.95. The van der Waals surface area contributed by atoms with Gasteiger partial charge in [0.05, 0.1) is 36.2 Å². The predicted molar refractivity (Wildman–Crippen MR) is 123 cm³/mol. The number of hydrogen-bond donors (Lipinski definition) is 2. The molecular weight excluding hydrogens is 513 g/mol. The van der Waals surface area contributed by atoms with Gasteiger partial charge in [-0.1, -0.05) is 0 Å². The van der Waals surface area contributed by atoms with E-state index in [-0.39, 0.29) is 28.9 Å². The molecule has 4 aromatic rings. The number of halogens is 5. The van der Waals surface area contributed by atoms with E-state index in [9.17, 15) is 27.8 Å². The molecule has 1 aromatic carbocycles.